The van der Waals surface area contributed by atoms with Crippen molar-refractivity contribution in [3.63, 3.8) is 0 Å². The summed E-state index contributed by atoms with van der Waals surface area (Å²) in [6.45, 7) is 4.15. The van der Waals surface area contributed by atoms with Gasteiger partial charge in [-0.25, -0.2) is 0 Å². The normalized spacial score (nSPS) is 15.6. The molecule has 1 aromatic carbocycles. The van der Waals surface area contributed by atoms with Crippen molar-refractivity contribution >= 4 is 22.5 Å². The quantitative estimate of drug-likeness (QED) is 0.702. The molecule has 1 aliphatic rings. The van der Waals surface area contributed by atoms with Crippen molar-refractivity contribution in [3.05, 3.63) is 34.0 Å². The van der Waals surface area contributed by atoms with E-state index < -0.39 is 0 Å². The van der Waals surface area contributed by atoms with Gasteiger partial charge in [0.25, 0.3) is 0 Å². The topological polar surface area (TPSA) is 27.8 Å². The molecule has 0 fully saturated rings. The monoisotopic (exact) mass is 220 g/mol. The summed E-state index contributed by atoms with van der Waals surface area (Å²) in [6.07, 6.45) is 1.07. The summed E-state index contributed by atoms with van der Waals surface area (Å²) >= 11 is 6.20. The molecule has 0 bridgehead atoms. The van der Waals surface area contributed by atoms with Gasteiger partial charge in [0.2, 0.25) is 0 Å². The van der Waals surface area contributed by atoms with Crippen molar-refractivity contribution in [1.29, 1.82) is 0 Å². The highest BCUT2D eigenvalue weighted by Gasteiger charge is 2.17. The minimum Gasteiger partial charge on any atom is -0.357 e. The van der Waals surface area contributed by atoms with Gasteiger partial charge in [0.1, 0.15) is 0 Å². The molecule has 1 aliphatic heterocycles. The molecule has 0 radical (unpaired) electrons. The fourth-order valence-electron chi connectivity index (χ4n) is 2.40. The Morgan fingerprint density at radius 2 is 2.20 bits per heavy atom. The second kappa shape index (κ2) is 3.26. The summed E-state index contributed by atoms with van der Waals surface area (Å²) in [5.41, 5.74) is 5.15. The van der Waals surface area contributed by atoms with Gasteiger partial charge in [0, 0.05) is 30.6 Å². The molecule has 0 spiro atoms. The van der Waals surface area contributed by atoms with E-state index in [1.165, 1.54) is 22.2 Å². The lowest BCUT2D eigenvalue weighted by atomic mass is 10.0. The van der Waals surface area contributed by atoms with E-state index >= 15 is 0 Å². The van der Waals surface area contributed by atoms with Crippen LogP contribution in [0.1, 0.15) is 16.8 Å². The van der Waals surface area contributed by atoms with Crippen LogP contribution in [0.3, 0.4) is 0 Å². The van der Waals surface area contributed by atoms with E-state index in [9.17, 15) is 0 Å². The average molecular weight is 221 g/mol. The molecule has 78 valence electrons. The van der Waals surface area contributed by atoms with Crippen LogP contribution in [0.25, 0.3) is 10.9 Å². The number of rotatable bonds is 0. The molecular formula is C12H13ClN2. The van der Waals surface area contributed by atoms with Crippen LogP contribution in [0, 0.1) is 6.92 Å². The molecule has 2 nitrogen and oxygen atoms in total. The highest BCUT2D eigenvalue weighted by Crippen LogP contribution is 2.32. The van der Waals surface area contributed by atoms with Crippen molar-refractivity contribution in [2.45, 2.75) is 19.9 Å². The molecule has 0 saturated heterocycles. The molecule has 2 heterocycles. The number of hydrogen-bond donors (Lipinski definition) is 2. The maximum atomic E-state index is 6.20. The SMILES string of the molecule is Cc1ccc(Cl)c2[nH]c3c(c12)CNCC3. The molecule has 0 amide bonds. The fraction of sp³-hybridized carbons (Fsp3) is 0.333. The lowest BCUT2D eigenvalue weighted by molar-refractivity contribution is 0.640. The van der Waals surface area contributed by atoms with E-state index in [1.54, 1.807) is 0 Å². The number of H-pyrrole nitrogens is 1. The van der Waals surface area contributed by atoms with Gasteiger partial charge in [0.05, 0.1) is 10.5 Å². The summed E-state index contributed by atoms with van der Waals surface area (Å²) in [5.74, 6) is 0. The van der Waals surface area contributed by atoms with E-state index in [1.807, 2.05) is 6.07 Å². The second-order valence-electron chi connectivity index (χ2n) is 4.12. The fourth-order valence-corrected chi connectivity index (χ4v) is 2.61. The molecule has 3 rings (SSSR count). The molecule has 0 unspecified atom stereocenters. The Morgan fingerprint density at radius 1 is 1.33 bits per heavy atom. The van der Waals surface area contributed by atoms with Crippen LogP contribution in [-0.2, 0) is 13.0 Å². The molecule has 1 aromatic heterocycles. The first-order chi connectivity index (χ1) is 7.27. The van der Waals surface area contributed by atoms with E-state index in [2.05, 4.69) is 23.3 Å². The minimum absolute atomic E-state index is 0.824. The summed E-state index contributed by atoms with van der Waals surface area (Å²) in [7, 11) is 0. The zero-order valence-electron chi connectivity index (χ0n) is 8.65. The van der Waals surface area contributed by atoms with Gasteiger partial charge < -0.3 is 10.3 Å². The Balaban J connectivity index is 2.41. The van der Waals surface area contributed by atoms with Gasteiger partial charge in [-0.3, -0.25) is 0 Å². The molecule has 2 N–H and O–H groups in total. The first-order valence-corrected chi connectivity index (χ1v) is 5.64. The largest absolute Gasteiger partial charge is 0.357 e. The second-order valence-corrected chi connectivity index (χ2v) is 4.53. The zero-order chi connectivity index (χ0) is 10.4. The summed E-state index contributed by atoms with van der Waals surface area (Å²) < 4.78 is 0. The molecular weight excluding hydrogens is 208 g/mol. The Kier molecular flexibility index (Phi) is 2.01. The lowest BCUT2D eigenvalue weighted by Crippen LogP contribution is -2.22. The number of nitrogens with one attached hydrogen (secondary N) is 2. The third kappa shape index (κ3) is 1.29. The molecule has 2 aromatic rings. The Bertz CT molecular complexity index is 528. The van der Waals surface area contributed by atoms with Gasteiger partial charge in [-0.1, -0.05) is 17.7 Å². The van der Waals surface area contributed by atoms with E-state index in [-0.39, 0.29) is 0 Å². The maximum Gasteiger partial charge on any atom is 0.0651 e. The third-order valence-electron chi connectivity index (χ3n) is 3.16. The molecule has 0 saturated carbocycles. The smallest absolute Gasteiger partial charge is 0.0651 e. The number of aryl methyl sites for hydroxylation is 1. The molecule has 0 aliphatic carbocycles. The maximum absolute atomic E-state index is 6.20. The molecule has 0 atom stereocenters. The van der Waals surface area contributed by atoms with Crippen LogP contribution in [0.15, 0.2) is 12.1 Å². The first-order valence-electron chi connectivity index (χ1n) is 5.26. The van der Waals surface area contributed by atoms with Crippen molar-refractivity contribution in [2.24, 2.45) is 0 Å². The van der Waals surface area contributed by atoms with Crippen LogP contribution in [0.5, 0.6) is 0 Å². The van der Waals surface area contributed by atoms with Gasteiger partial charge >= 0.3 is 0 Å². The van der Waals surface area contributed by atoms with Gasteiger partial charge in [-0.05, 0) is 24.1 Å². The van der Waals surface area contributed by atoms with E-state index in [0.717, 1.165) is 30.0 Å². The minimum atomic E-state index is 0.824. The predicted molar refractivity (Wildman–Crippen MR) is 63.5 cm³/mol. The molecule has 3 heteroatoms. The number of hydrogen-bond acceptors (Lipinski definition) is 1. The number of halogens is 1. The number of aromatic amines is 1. The Morgan fingerprint density at radius 3 is 3.07 bits per heavy atom. The Hall–Kier alpha value is -0.990. The summed E-state index contributed by atoms with van der Waals surface area (Å²) in [5, 5.41) is 5.54. The predicted octanol–water partition coefficient (Wildman–Crippen LogP) is 2.78. The number of benzene rings is 1. The zero-order valence-corrected chi connectivity index (χ0v) is 9.41. The van der Waals surface area contributed by atoms with Crippen LogP contribution >= 0.6 is 11.6 Å². The van der Waals surface area contributed by atoms with Crippen LogP contribution < -0.4 is 5.32 Å². The Labute approximate surface area is 93.6 Å². The van der Waals surface area contributed by atoms with Crippen molar-refractivity contribution in [2.75, 3.05) is 6.54 Å². The third-order valence-corrected chi connectivity index (χ3v) is 3.47. The molecule has 15 heavy (non-hydrogen) atoms. The summed E-state index contributed by atoms with van der Waals surface area (Å²) in [4.78, 5) is 3.45. The van der Waals surface area contributed by atoms with Gasteiger partial charge in [-0.2, -0.15) is 0 Å². The summed E-state index contributed by atoms with van der Waals surface area (Å²) in [6, 6.07) is 4.06. The van der Waals surface area contributed by atoms with E-state index in [0.29, 0.717) is 0 Å². The standard InChI is InChI=1S/C12H13ClN2/c1-7-2-3-9(13)12-11(7)8-6-14-5-4-10(8)15-12/h2-3,14-15H,4-6H2,1H3. The van der Waals surface area contributed by atoms with E-state index in [4.69, 9.17) is 11.6 Å². The van der Waals surface area contributed by atoms with Crippen molar-refractivity contribution < 1.29 is 0 Å². The van der Waals surface area contributed by atoms with Crippen molar-refractivity contribution in [1.82, 2.24) is 10.3 Å². The van der Waals surface area contributed by atoms with Gasteiger partial charge in [-0.15, -0.1) is 0 Å². The van der Waals surface area contributed by atoms with Crippen LogP contribution in [0.4, 0.5) is 0 Å². The lowest BCUT2D eigenvalue weighted by Gasteiger charge is -2.13. The van der Waals surface area contributed by atoms with Gasteiger partial charge in [0.15, 0.2) is 0 Å². The number of fused-ring (bicyclic) bond motifs is 3. The average Bonchev–Trinajstić information content (AvgIpc) is 2.64. The van der Waals surface area contributed by atoms with Crippen molar-refractivity contribution in [3.8, 4) is 0 Å². The highest BCUT2D eigenvalue weighted by molar-refractivity contribution is 6.35. The first kappa shape index (κ1) is 9.25. The van der Waals surface area contributed by atoms with Crippen LogP contribution in [0.2, 0.25) is 5.02 Å². The number of aromatic nitrogens is 1. The van der Waals surface area contributed by atoms with Crippen LogP contribution in [-0.4, -0.2) is 11.5 Å². The highest BCUT2D eigenvalue weighted by atomic mass is 35.5.